The van der Waals surface area contributed by atoms with Crippen molar-refractivity contribution < 1.29 is 27.7 Å². The first-order chi connectivity index (χ1) is 5.83. The van der Waals surface area contributed by atoms with E-state index in [1.54, 1.807) is 0 Å². The highest BCUT2D eigenvalue weighted by Gasteiger charge is 1.77. The van der Waals surface area contributed by atoms with Gasteiger partial charge in [0.25, 0.3) is 0 Å². The maximum absolute atomic E-state index is 10.7. The molecule has 0 amide bonds. The van der Waals surface area contributed by atoms with Gasteiger partial charge in [-0.25, -0.2) is 4.39 Å². The van der Waals surface area contributed by atoms with Crippen molar-refractivity contribution in [1.29, 1.82) is 0 Å². The molecule has 12 heavy (non-hydrogen) atoms. The fourth-order valence-corrected chi connectivity index (χ4v) is 0.0630. The number of hydrogen-bond acceptors (Lipinski definition) is 2. The van der Waals surface area contributed by atoms with Crippen molar-refractivity contribution in [1.82, 2.24) is 0 Å². The Morgan fingerprint density at radius 2 is 1.50 bits per heavy atom. The van der Waals surface area contributed by atoms with E-state index in [1.807, 2.05) is 0 Å². The molecule has 0 aromatic heterocycles. The number of hydrogen-bond donors (Lipinski definition) is 0. The SMILES string of the molecule is CCCC.FCOCOF.FF. The van der Waals surface area contributed by atoms with E-state index in [0.717, 1.165) is 0 Å². The van der Waals surface area contributed by atoms with Crippen LogP contribution >= 0.6 is 0 Å². The van der Waals surface area contributed by atoms with E-state index in [-0.39, 0.29) is 0 Å². The molecule has 0 bridgehead atoms. The number of unbranched alkanes of at least 4 members (excludes halogenated alkanes) is 1. The van der Waals surface area contributed by atoms with Gasteiger partial charge in [-0.3, -0.25) is 0 Å². The van der Waals surface area contributed by atoms with Gasteiger partial charge in [0.05, 0.1) is 0 Å². The van der Waals surface area contributed by atoms with E-state index in [2.05, 4.69) is 23.5 Å². The predicted molar refractivity (Wildman–Crippen MR) is 36.9 cm³/mol. The third-order valence-corrected chi connectivity index (χ3v) is 0.705. The average molecular weight is 194 g/mol. The van der Waals surface area contributed by atoms with Crippen molar-refractivity contribution >= 4 is 0 Å². The van der Waals surface area contributed by atoms with Gasteiger partial charge in [0.1, 0.15) is 0 Å². The van der Waals surface area contributed by atoms with Crippen molar-refractivity contribution in [3.8, 4) is 0 Å². The van der Waals surface area contributed by atoms with Crippen LogP contribution in [0, 0.1) is 0 Å². The Kier molecular flexibility index (Phi) is 45.7. The second-order valence-corrected chi connectivity index (χ2v) is 1.54. The summed E-state index contributed by atoms with van der Waals surface area (Å²) in [5, 5.41) is 0. The molecule has 78 valence electrons. The Morgan fingerprint density at radius 1 is 1.08 bits per heavy atom. The zero-order valence-corrected chi connectivity index (χ0v) is 7.16. The molecular formula is C6H14F4O2. The van der Waals surface area contributed by atoms with Crippen LogP contribution in [0.3, 0.4) is 0 Å². The topological polar surface area (TPSA) is 18.5 Å². The molecule has 0 aliphatic heterocycles. The molecule has 0 saturated heterocycles. The third kappa shape index (κ3) is 54.3. The predicted octanol–water partition coefficient (Wildman–Crippen LogP) is 3.44. The Labute approximate surface area is 69.2 Å². The molecule has 0 atom stereocenters. The lowest BCUT2D eigenvalue weighted by Crippen LogP contribution is -1.89. The molecule has 0 saturated carbocycles. The lowest BCUT2D eigenvalue weighted by Gasteiger charge is -1.86. The summed E-state index contributed by atoms with van der Waals surface area (Å²) in [4.78, 5) is 2.82. The summed E-state index contributed by atoms with van der Waals surface area (Å²) in [6.45, 7) is 2.72. The standard InChI is InChI=1S/C4H10.C2H4F2O2.F2/c1-3-4-2;3-1-5-2-6-4;1-2/h3-4H2,1-2H3;1-2H2;. The van der Waals surface area contributed by atoms with Crippen LogP contribution in [0.4, 0.5) is 18.1 Å². The van der Waals surface area contributed by atoms with Gasteiger partial charge in [-0.05, 0) is 4.53 Å². The maximum atomic E-state index is 10.7. The summed E-state index contributed by atoms with van der Waals surface area (Å²) in [6, 6.07) is 0. The second kappa shape index (κ2) is 31.1. The molecule has 0 aromatic carbocycles. The lowest BCUT2D eigenvalue weighted by molar-refractivity contribution is -0.221. The summed E-state index contributed by atoms with van der Waals surface area (Å²) in [5.41, 5.74) is 0. The Morgan fingerprint density at radius 3 is 1.58 bits per heavy atom. The highest BCUT2D eigenvalue weighted by atomic mass is 20.0. The van der Waals surface area contributed by atoms with Gasteiger partial charge in [0.2, 0.25) is 0 Å². The fraction of sp³-hybridized carbons (Fsp3) is 1.00. The molecule has 0 radical (unpaired) electrons. The van der Waals surface area contributed by atoms with Crippen molar-refractivity contribution in [2.45, 2.75) is 26.7 Å². The van der Waals surface area contributed by atoms with Gasteiger partial charge in [0.15, 0.2) is 13.7 Å². The third-order valence-electron chi connectivity index (χ3n) is 0.705. The highest BCUT2D eigenvalue weighted by molar-refractivity contribution is 4.12. The zero-order valence-electron chi connectivity index (χ0n) is 7.16. The normalized spacial score (nSPS) is 7.50. The van der Waals surface area contributed by atoms with Gasteiger partial charge in [0, 0.05) is 9.15 Å². The summed E-state index contributed by atoms with van der Waals surface area (Å²) >= 11 is 0. The molecule has 0 N–H and O–H groups in total. The second-order valence-electron chi connectivity index (χ2n) is 1.54. The van der Waals surface area contributed by atoms with Crippen LogP contribution in [-0.4, -0.2) is 13.7 Å². The van der Waals surface area contributed by atoms with Crippen LogP contribution in [0.25, 0.3) is 0 Å². The van der Waals surface area contributed by atoms with Gasteiger partial charge in [-0.15, -0.1) is 0 Å². The van der Waals surface area contributed by atoms with Crippen LogP contribution in [-0.2, 0) is 9.68 Å². The van der Waals surface area contributed by atoms with E-state index in [4.69, 9.17) is 9.15 Å². The van der Waals surface area contributed by atoms with Crippen molar-refractivity contribution in [3.63, 3.8) is 0 Å². The number of ether oxygens (including phenoxy) is 1. The summed E-state index contributed by atoms with van der Waals surface area (Å²) in [5.74, 6) is 0. The summed E-state index contributed by atoms with van der Waals surface area (Å²) in [7, 11) is 0. The minimum absolute atomic E-state index is 0.628. The van der Waals surface area contributed by atoms with E-state index >= 15 is 0 Å². The fourth-order valence-electron chi connectivity index (χ4n) is 0.0630. The summed E-state index contributed by atoms with van der Waals surface area (Å²) in [6.07, 6.45) is 2.64. The van der Waals surface area contributed by atoms with E-state index in [9.17, 15) is 8.92 Å². The molecule has 0 rings (SSSR count). The Balaban J connectivity index is -0.000000118. The average Bonchev–Trinajstić information content (AvgIpc) is 2.18. The van der Waals surface area contributed by atoms with E-state index in [1.165, 1.54) is 12.8 Å². The first-order valence-corrected chi connectivity index (χ1v) is 3.34. The quantitative estimate of drug-likeness (QED) is 0.387. The van der Waals surface area contributed by atoms with Crippen LogP contribution in [0.15, 0.2) is 0 Å². The monoisotopic (exact) mass is 194 g/mol. The zero-order chi connectivity index (χ0) is 10.2. The van der Waals surface area contributed by atoms with Crippen LogP contribution < -0.4 is 0 Å². The van der Waals surface area contributed by atoms with Crippen molar-refractivity contribution in [3.05, 3.63) is 0 Å². The molecule has 0 heterocycles. The molecule has 0 aliphatic carbocycles. The molecule has 0 aromatic rings. The van der Waals surface area contributed by atoms with Gasteiger partial charge >= 0.3 is 0 Å². The molecule has 6 heteroatoms. The first-order valence-electron chi connectivity index (χ1n) is 3.34. The number of alkyl halides is 1. The number of rotatable bonds is 4. The smallest absolute Gasteiger partial charge is 0.191 e. The van der Waals surface area contributed by atoms with Gasteiger partial charge in [-0.2, -0.15) is 4.94 Å². The minimum Gasteiger partial charge on any atom is -0.321 e. The number of halogens is 4. The lowest BCUT2D eigenvalue weighted by atomic mass is 10.4. The molecule has 0 fully saturated rings. The van der Waals surface area contributed by atoms with Gasteiger partial charge in [-0.1, -0.05) is 26.7 Å². The van der Waals surface area contributed by atoms with Crippen LogP contribution in [0.5, 0.6) is 0 Å². The molecule has 0 unspecified atom stereocenters. The maximum Gasteiger partial charge on any atom is 0.191 e. The summed E-state index contributed by atoms with van der Waals surface area (Å²) < 4.78 is 40.8. The Bertz CT molecular complexity index is 42.5. The van der Waals surface area contributed by atoms with Crippen LogP contribution in [0.2, 0.25) is 0 Å². The van der Waals surface area contributed by atoms with Crippen LogP contribution in [0.1, 0.15) is 26.7 Å². The minimum atomic E-state index is -1.01. The Hall–Kier alpha value is -0.360. The highest BCUT2D eigenvalue weighted by Crippen LogP contribution is 1.77. The molecule has 0 spiro atoms. The molecule has 2 nitrogen and oxygen atoms in total. The van der Waals surface area contributed by atoms with Gasteiger partial charge < -0.3 is 4.74 Å². The van der Waals surface area contributed by atoms with E-state index < -0.39 is 13.7 Å². The van der Waals surface area contributed by atoms with E-state index in [0.29, 0.717) is 0 Å². The first kappa shape index (κ1) is 17.7. The largest absolute Gasteiger partial charge is 0.321 e. The van der Waals surface area contributed by atoms with Crippen molar-refractivity contribution in [2.75, 3.05) is 13.7 Å². The molecule has 0 aliphatic rings. The molecular weight excluding hydrogens is 180 g/mol. The van der Waals surface area contributed by atoms with Crippen molar-refractivity contribution in [2.24, 2.45) is 0 Å².